The molecule has 0 amide bonds. The third kappa shape index (κ3) is 2.39. The molecule has 0 bridgehead atoms. The highest BCUT2D eigenvalue weighted by Gasteiger charge is 1.97. The molecule has 0 aliphatic heterocycles. The average Bonchev–Trinajstić information content (AvgIpc) is 2.30. The zero-order valence-corrected chi connectivity index (χ0v) is 9.22. The van der Waals surface area contributed by atoms with Crippen molar-refractivity contribution < 1.29 is 4.39 Å². The van der Waals surface area contributed by atoms with Crippen molar-refractivity contribution in [2.75, 3.05) is 6.26 Å². The van der Waals surface area contributed by atoms with Gasteiger partial charge in [0.05, 0.1) is 0 Å². The van der Waals surface area contributed by atoms with Crippen LogP contribution in [0, 0.1) is 5.82 Å². The molecule has 0 radical (unpaired) electrons. The van der Waals surface area contributed by atoms with Crippen LogP contribution in [0.5, 0.6) is 0 Å². The van der Waals surface area contributed by atoms with Crippen LogP contribution in [0.25, 0.3) is 11.1 Å². The van der Waals surface area contributed by atoms with Crippen molar-refractivity contribution in [2.24, 2.45) is 0 Å². The van der Waals surface area contributed by atoms with Gasteiger partial charge in [-0.05, 0) is 41.6 Å². The molecule has 0 aliphatic carbocycles. The Labute approximate surface area is 93.1 Å². The van der Waals surface area contributed by atoms with E-state index in [9.17, 15) is 4.39 Å². The SMILES string of the molecule is CSc1ccc(-c2ccc([18F])cc2)cc1. The minimum absolute atomic E-state index is 0.195. The third-order valence-electron chi connectivity index (χ3n) is 2.27. The molecule has 76 valence electrons. The van der Waals surface area contributed by atoms with Gasteiger partial charge in [-0.1, -0.05) is 24.3 Å². The number of halogens is 1. The maximum Gasteiger partial charge on any atom is 0.123 e. The Bertz CT molecular complexity index is 431. The third-order valence-corrected chi connectivity index (χ3v) is 3.01. The molecule has 0 saturated carbocycles. The molecule has 0 spiro atoms. The Hall–Kier alpha value is -1.28. The van der Waals surface area contributed by atoms with E-state index in [1.54, 1.807) is 23.9 Å². The highest BCUT2D eigenvalue weighted by Crippen LogP contribution is 2.22. The molecule has 0 heterocycles. The fraction of sp³-hybridized carbons (Fsp3) is 0.0769. The van der Waals surface area contributed by atoms with E-state index in [2.05, 4.69) is 24.3 Å². The van der Waals surface area contributed by atoms with Crippen LogP contribution in [0.15, 0.2) is 53.4 Å². The fourth-order valence-corrected chi connectivity index (χ4v) is 1.83. The van der Waals surface area contributed by atoms with Gasteiger partial charge in [0.1, 0.15) is 5.82 Å². The smallest absolute Gasteiger partial charge is 0.123 e. The van der Waals surface area contributed by atoms with Crippen LogP contribution in [-0.4, -0.2) is 6.26 Å². The molecule has 0 unspecified atom stereocenters. The number of thioether (sulfide) groups is 1. The maximum absolute atomic E-state index is 12.7. The monoisotopic (exact) mass is 217 g/mol. The first-order valence-electron chi connectivity index (χ1n) is 4.69. The van der Waals surface area contributed by atoms with Gasteiger partial charge in [-0.2, -0.15) is 0 Å². The van der Waals surface area contributed by atoms with E-state index in [0.29, 0.717) is 0 Å². The number of rotatable bonds is 2. The van der Waals surface area contributed by atoms with E-state index in [1.807, 2.05) is 6.26 Å². The quantitative estimate of drug-likeness (QED) is 0.679. The molecule has 2 heteroatoms. The molecule has 2 rings (SSSR count). The highest BCUT2D eigenvalue weighted by atomic mass is 32.2. The lowest BCUT2D eigenvalue weighted by atomic mass is 10.1. The van der Waals surface area contributed by atoms with Crippen LogP contribution in [0.3, 0.4) is 0 Å². The molecular weight excluding hydrogens is 206 g/mol. The highest BCUT2D eigenvalue weighted by molar-refractivity contribution is 7.98. The molecule has 0 aliphatic rings. The minimum atomic E-state index is -0.195. The molecule has 15 heavy (non-hydrogen) atoms. The van der Waals surface area contributed by atoms with Gasteiger partial charge in [-0.3, -0.25) is 0 Å². The van der Waals surface area contributed by atoms with Crippen LogP contribution in [0.2, 0.25) is 0 Å². The van der Waals surface area contributed by atoms with E-state index in [1.165, 1.54) is 17.0 Å². The predicted molar refractivity (Wildman–Crippen MR) is 63.6 cm³/mol. The van der Waals surface area contributed by atoms with Gasteiger partial charge in [0.15, 0.2) is 0 Å². The van der Waals surface area contributed by atoms with E-state index < -0.39 is 0 Å². The number of hydrogen-bond acceptors (Lipinski definition) is 1. The van der Waals surface area contributed by atoms with Gasteiger partial charge in [0.2, 0.25) is 0 Å². The van der Waals surface area contributed by atoms with E-state index in [4.69, 9.17) is 0 Å². The molecule has 0 aromatic heterocycles. The van der Waals surface area contributed by atoms with E-state index in [-0.39, 0.29) is 5.82 Å². The summed E-state index contributed by atoms with van der Waals surface area (Å²) in [5.41, 5.74) is 2.16. The molecule has 0 saturated heterocycles. The Morgan fingerprint density at radius 3 is 1.73 bits per heavy atom. The van der Waals surface area contributed by atoms with Gasteiger partial charge >= 0.3 is 0 Å². The lowest BCUT2D eigenvalue weighted by molar-refractivity contribution is 0.628. The van der Waals surface area contributed by atoms with E-state index >= 15 is 0 Å². The number of hydrogen-bond donors (Lipinski definition) is 0. The first-order valence-corrected chi connectivity index (χ1v) is 5.92. The lowest BCUT2D eigenvalue weighted by Gasteiger charge is -2.02. The summed E-state index contributed by atoms with van der Waals surface area (Å²) >= 11 is 1.72. The molecule has 0 N–H and O–H groups in total. The van der Waals surface area contributed by atoms with Gasteiger partial charge in [0, 0.05) is 4.90 Å². The van der Waals surface area contributed by atoms with E-state index in [0.717, 1.165) is 11.1 Å². The topological polar surface area (TPSA) is 0 Å². The summed E-state index contributed by atoms with van der Waals surface area (Å²) in [6.45, 7) is 0. The van der Waals surface area contributed by atoms with Crippen molar-refractivity contribution in [1.29, 1.82) is 0 Å². The minimum Gasteiger partial charge on any atom is -0.207 e. The zero-order chi connectivity index (χ0) is 10.7. The molecule has 0 atom stereocenters. The summed E-state index contributed by atoms with van der Waals surface area (Å²) < 4.78 is 12.7. The standard InChI is InChI=1S/C13H11FS/c1-15-13-8-4-11(5-9-13)10-2-6-12(14)7-3-10/h2-9H,1H3/i14-1. The summed E-state index contributed by atoms with van der Waals surface area (Å²) in [6.07, 6.45) is 2.05. The molecule has 2 aromatic carbocycles. The van der Waals surface area contributed by atoms with Crippen LogP contribution in [0.4, 0.5) is 4.39 Å². The number of benzene rings is 2. The molecule has 2 aromatic rings. The second kappa shape index (κ2) is 4.49. The van der Waals surface area contributed by atoms with Crippen molar-refractivity contribution in [3.8, 4) is 11.1 Å². The Balaban J connectivity index is 2.33. The lowest BCUT2D eigenvalue weighted by Crippen LogP contribution is -1.79. The average molecular weight is 217 g/mol. The van der Waals surface area contributed by atoms with Crippen molar-refractivity contribution in [2.45, 2.75) is 4.90 Å². The van der Waals surface area contributed by atoms with Crippen LogP contribution >= 0.6 is 11.8 Å². The Morgan fingerprint density at radius 2 is 1.27 bits per heavy atom. The fourth-order valence-electron chi connectivity index (χ4n) is 1.43. The van der Waals surface area contributed by atoms with Crippen LogP contribution in [0.1, 0.15) is 0 Å². The van der Waals surface area contributed by atoms with Gasteiger partial charge in [-0.15, -0.1) is 11.8 Å². The van der Waals surface area contributed by atoms with Crippen LogP contribution in [-0.2, 0) is 0 Å². The van der Waals surface area contributed by atoms with Crippen molar-refractivity contribution in [3.05, 3.63) is 54.3 Å². The van der Waals surface area contributed by atoms with Gasteiger partial charge in [-0.25, -0.2) is 4.39 Å². The largest absolute Gasteiger partial charge is 0.207 e. The van der Waals surface area contributed by atoms with Crippen molar-refractivity contribution in [1.82, 2.24) is 0 Å². The summed E-state index contributed by atoms with van der Waals surface area (Å²) in [5, 5.41) is 0. The van der Waals surface area contributed by atoms with Gasteiger partial charge in [0.25, 0.3) is 0 Å². The normalized spacial score (nSPS) is 10.3. The summed E-state index contributed by atoms with van der Waals surface area (Å²) in [7, 11) is 0. The van der Waals surface area contributed by atoms with Gasteiger partial charge < -0.3 is 0 Å². The summed E-state index contributed by atoms with van der Waals surface area (Å²) in [4.78, 5) is 1.24. The second-order valence-electron chi connectivity index (χ2n) is 3.24. The molecule has 0 nitrogen and oxygen atoms in total. The first-order chi connectivity index (χ1) is 7.29. The van der Waals surface area contributed by atoms with Crippen LogP contribution < -0.4 is 0 Å². The summed E-state index contributed by atoms with van der Waals surface area (Å²) in [5.74, 6) is -0.195. The van der Waals surface area contributed by atoms with Crippen molar-refractivity contribution >= 4 is 11.8 Å². The zero-order valence-electron chi connectivity index (χ0n) is 8.41. The Kier molecular flexibility index (Phi) is 3.07. The first kappa shape index (κ1) is 10.2. The predicted octanol–water partition coefficient (Wildman–Crippen LogP) is 4.21. The molecular formula is C13H11FS. The second-order valence-corrected chi connectivity index (χ2v) is 4.12. The maximum atomic E-state index is 12.7. The van der Waals surface area contributed by atoms with Crippen molar-refractivity contribution in [3.63, 3.8) is 0 Å². The molecule has 0 fully saturated rings. The summed E-state index contributed by atoms with van der Waals surface area (Å²) in [6, 6.07) is 14.8. The Morgan fingerprint density at radius 1 is 0.800 bits per heavy atom.